The average molecular weight is 332 g/mol. The van der Waals surface area contributed by atoms with E-state index in [9.17, 15) is 4.79 Å². The fraction of sp³-hybridized carbons (Fsp3) is 0.611. The first-order valence-corrected chi connectivity index (χ1v) is 8.82. The minimum Gasteiger partial charge on any atom is -0.496 e. The van der Waals surface area contributed by atoms with E-state index in [0.717, 1.165) is 50.6 Å². The second-order valence-corrected chi connectivity index (χ2v) is 6.55. The molecule has 6 heteroatoms. The highest BCUT2D eigenvalue weighted by molar-refractivity contribution is 5.78. The van der Waals surface area contributed by atoms with E-state index < -0.39 is 0 Å². The number of carbonyl (C=O) groups excluding carboxylic acids is 1. The Morgan fingerprint density at radius 2 is 2.08 bits per heavy atom. The summed E-state index contributed by atoms with van der Waals surface area (Å²) in [5.41, 5.74) is 1.01. The van der Waals surface area contributed by atoms with Crippen LogP contribution in [0.5, 0.6) is 5.75 Å². The summed E-state index contributed by atoms with van der Waals surface area (Å²) in [7, 11) is 1.65. The Morgan fingerprint density at radius 1 is 1.29 bits per heavy atom. The van der Waals surface area contributed by atoms with E-state index in [1.165, 1.54) is 6.42 Å². The molecule has 2 fully saturated rings. The molecular weight excluding hydrogens is 304 g/mol. The van der Waals surface area contributed by atoms with Crippen LogP contribution in [0.3, 0.4) is 0 Å². The molecule has 1 aromatic rings. The maximum absolute atomic E-state index is 12.2. The minimum atomic E-state index is 0.0805. The number of amides is 1. The molecule has 0 aliphatic carbocycles. The topological polar surface area (TPSA) is 56.8 Å². The van der Waals surface area contributed by atoms with Crippen molar-refractivity contribution < 1.29 is 9.53 Å². The largest absolute Gasteiger partial charge is 0.496 e. The molecular formula is C18H28N4O2. The molecule has 1 unspecified atom stereocenters. The lowest BCUT2D eigenvalue weighted by Gasteiger charge is -2.37. The molecule has 0 aromatic heterocycles. The quantitative estimate of drug-likeness (QED) is 0.784. The summed E-state index contributed by atoms with van der Waals surface area (Å²) in [5.74, 6) is 0.897. The average Bonchev–Trinajstić information content (AvgIpc) is 3.15. The van der Waals surface area contributed by atoms with Gasteiger partial charge in [-0.15, -0.1) is 0 Å². The van der Waals surface area contributed by atoms with Crippen molar-refractivity contribution in [1.29, 1.82) is 0 Å². The summed E-state index contributed by atoms with van der Waals surface area (Å²) in [4.78, 5) is 17.0. The van der Waals surface area contributed by atoms with E-state index in [1.54, 1.807) is 7.11 Å². The molecule has 2 saturated heterocycles. The van der Waals surface area contributed by atoms with Crippen LogP contribution in [0.1, 0.15) is 12.0 Å². The van der Waals surface area contributed by atoms with E-state index in [1.807, 2.05) is 24.3 Å². The zero-order valence-corrected chi connectivity index (χ0v) is 14.5. The number of hydrogen-bond acceptors (Lipinski definition) is 5. The van der Waals surface area contributed by atoms with Crippen LogP contribution in [0, 0.1) is 0 Å². The number of nitrogens with one attached hydrogen (secondary N) is 2. The lowest BCUT2D eigenvalue weighted by atomic mass is 10.2. The molecule has 0 spiro atoms. The molecule has 2 aliphatic rings. The van der Waals surface area contributed by atoms with Crippen molar-refractivity contribution in [2.45, 2.75) is 19.0 Å². The van der Waals surface area contributed by atoms with Gasteiger partial charge >= 0.3 is 0 Å². The van der Waals surface area contributed by atoms with Crippen molar-refractivity contribution >= 4 is 5.91 Å². The molecule has 2 aliphatic heterocycles. The van der Waals surface area contributed by atoms with E-state index in [2.05, 4.69) is 20.4 Å². The fourth-order valence-electron chi connectivity index (χ4n) is 3.54. The van der Waals surface area contributed by atoms with Gasteiger partial charge in [0.05, 0.1) is 13.7 Å². The van der Waals surface area contributed by atoms with Gasteiger partial charge in [0.1, 0.15) is 5.75 Å². The number of para-hydroxylation sites is 1. The lowest BCUT2D eigenvalue weighted by Crippen LogP contribution is -2.52. The van der Waals surface area contributed by atoms with E-state index in [-0.39, 0.29) is 5.91 Å². The predicted molar refractivity (Wildman–Crippen MR) is 94.1 cm³/mol. The van der Waals surface area contributed by atoms with Crippen LogP contribution in [-0.4, -0.2) is 74.7 Å². The lowest BCUT2D eigenvalue weighted by molar-refractivity contribution is -0.122. The van der Waals surface area contributed by atoms with Crippen molar-refractivity contribution in [3.63, 3.8) is 0 Å². The van der Waals surface area contributed by atoms with Gasteiger partial charge in [-0.1, -0.05) is 18.2 Å². The Kier molecular flexibility index (Phi) is 6.07. The first-order valence-electron chi connectivity index (χ1n) is 8.82. The SMILES string of the molecule is COc1ccccc1CNC(=O)CN1CCN(C2CCNC2)CC1. The van der Waals surface area contributed by atoms with Gasteiger partial charge in [0.2, 0.25) is 5.91 Å². The molecule has 1 amide bonds. The first-order chi connectivity index (χ1) is 11.8. The van der Waals surface area contributed by atoms with Crippen molar-refractivity contribution in [2.24, 2.45) is 0 Å². The Balaban J connectivity index is 1.39. The molecule has 0 radical (unpaired) electrons. The smallest absolute Gasteiger partial charge is 0.234 e. The summed E-state index contributed by atoms with van der Waals surface area (Å²) in [5, 5.41) is 6.43. The van der Waals surface area contributed by atoms with Crippen LogP contribution in [0.2, 0.25) is 0 Å². The van der Waals surface area contributed by atoms with Gasteiger partial charge in [0, 0.05) is 50.9 Å². The van der Waals surface area contributed by atoms with E-state index in [4.69, 9.17) is 4.74 Å². The molecule has 6 nitrogen and oxygen atoms in total. The van der Waals surface area contributed by atoms with Crippen LogP contribution in [0.15, 0.2) is 24.3 Å². The number of piperazine rings is 1. The molecule has 1 aromatic carbocycles. The van der Waals surface area contributed by atoms with Crippen LogP contribution < -0.4 is 15.4 Å². The molecule has 0 saturated carbocycles. The number of hydrogen-bond donors (Lipinski definition) is 2. The van der Waals surface area contributed by atoms with Gasteiger partial charge in [-0.2, -0.15) is 0 Å². The van der Waals surface area contributed by atoms with Crippen molar-refractivity contribution in [3.05, 3.63) is 29.8 Å². The minimum absolute atomic E-state index is 0.0805. The molecule has 24 heavy (non-hydrogen) atoms. The summed E-state index contributed by atoms with van der Waals surface area (Å²) in [6, 6.07) is 8.48. The second-order valence-electron chi connectivity index (χ2n) is 6.55. The third kappa shape index (κ3) is 4.47. The van der Waals surface area contributed by atoms with Gasteiger partial charge in [0.15, 0.2) is 0 Å². The third-order valence-electron chi connectivity index (χ3n) is 4.99. The summed E-state index contributed by atoms with van der Waals surface area (Å²) in [6.45, 7) is 7.30. The van der Waals surface area contributed by atoms with Gasteiger partial charge in [-0.3, -0.25) is 14.6 Å². The standard InChI is InChI=1S/C18H28N4O2/c1-24-17-5-3-2-4-15(17)12-20-18(23)14-21-8-10-22(11-9-21)16-6-7-19-13-16/h2-5,16,19H,6-14H2,1H3,(H,20,23). The summed E-state index contributed by atoms with van der Waals surface area (Å²) < 4.78 is 5.32. The van der Waals surface area contributed by atoms with Crippen LogP contribution in [0.25, 0.3) is 0 Å². The normalized spacial score (nSPS) is 22.5. The highest BCUT2D eigenvalue weighted by Gasteiger charge is 2.26. The van der Waals surface area contributed by atoms with Crippen LogP contribution >= 0.6 is 0 Å². The van der Waals surface area contributed by atoms with E-state index in [0.29, 0.717) is 19.1 Å². The fourth-order valence-corrected chi connectivity index (χ4v) is 3.54. The molecule has 3 rings (SSSR count). The summed E-state index contributed by atoms with van der Waals surface area (Å²) in [6.07, 6.45) is 1.25. The predicted octanol–water partition coefficient (Wildman–Crippen LogP) is 0.291. The Morgan fingerprint density at radius 3 is 2.79 bits per heavy atom. The van der Waals surface area contributed by atoms with Crippen LogP contribution in [0.4, 0.5) is 0 Å². The number of carbonyl (C=O) groups is 1. The zero-order chi connectivity index (χ0) is 16.8. The zero-order valence-electron chi connectivity index (χ0n) is 14.5. The van der Waals surface area contributed by atoms with Gasteiger partial charge in [0.25, 0.3) is 0 Å². The molecule has 2 heterocycles. The Bertz CT molecular complexity index is 538. The maximum atomic E-state index is 12.2. The Hall–Kier alpha value is -1.63. The maximum Gasteiger partial charge on any atom is 0.234 e. The number of ether oxygens (including phenoxy) is 1. The number of methoxy groups -OCH3 is 1. The first kappa shape index (κ1) is 17.2. The van der Waals surface area contributed by atoms with Crippen LogP contribution in [-0.2, 0) is 11.3 Å². The van der Waals surface area contributed by atoms with Crippen molar-refractivity contribution in [3.8, 4) is 5.75 Å². The monoisotopic (exact) mass is 332 g/mol. The summed E-state index contributed by atoms with van der Waals surface area (Å²) >= 11 is 0. The molecule has 0 bridgehead atoms. The molecule has 1 atom stereocenters. The highest BCUT2D eigenvalue weighted by atomic mass is 16.5. The number of nitrogens with zero attached hydrogens (tertiary/aromatic N) is 2. The molecule has 132 valence electrons. The third-order valence-corrected chi connectivity index (χ3v) is 4.99. The van der Waals surface area contributed by atoms with Gasteiger partial charge in [-0.05, 0) is 19.0 Å². The highest BCUT2D eigenvalue weighted by Crippen LogP contribution is 2.16. The Labute approximate surface area is 144 Å². The number of rotatable bonds is 6. The van der Waals surface area contributed by atoms with E-state index >= 15 is 0 Å². The van der Waals surface area contributed by atoms with Crippen molar-refractivity contribution in [2.75, 3.05) is 52.9 Å². The van der Waals surface area contributed by atoms with Gasteiger partial charge in [-0.25, -0.2) is 0 Å². The number of benzene rings is 1. The second kappa shape index (κ2) is 8.46. The molecule has 2 N–H and O–H groups in total. The van der Waals surface area contributed by atoms with Gasteiger partial charge < -0.3 is 15.4 Å². The van der Waals surface area contributed by atoms with Crippen molar-refractivity contribution in [1.82, 2.24) is 20.4 Å².